The van der Waals surface area contributed by atoms with Crippen molar-refractivity contribution >= 4 is 5.91 Å². The summed E-state index contributed by atoms with van der Waals surface area (Å²) in [5, 5.41) is 0. The smallest absolute Gasteiger partial charge is 0.254 e. The van der Waals surface area contributed by atoms with Gasteiger partial charge >= 0.3 is 0 Å². The van der Waals surface area contributed by atoms with Crippen molar-refractivity contribution in [2.24, 2.45) is 5.92 Å². The van der Waals surface area contributed by atoms with Gasteiger partial charge in [-0.1, -0.05) is 6.07 Å². The first kappa shape index (κ1) is 16.4. The van der Waals surface area contributed by atoms with E-state index in [2.05, 4.69) is 4.90 Å². The Morgan fingerprint density at radius 2 is 2.13 bits per heavy atom. The van der Waals surface area contributed by atoms with Gasteiger partial charge in [-0.25, -0.2) is 4.39 Å². The van der Waals surface area contributed by atoms with Crippen LogP contribution in [-0.4, -0.2) is 61.6 Å². The second kappa shape index (κ2) is 6.97. The summed E-state index contributed by atoms with van der Waals surface area (Å²) in [7, 11) is 1.72. The molecule has 1 aromatic rings. The molecule has 1 aromatic carbocycles. The molecule has 126 valence electrons. The largest absolute Gasteiger partial charge is 0.383 e. The molecular formula is C18H25FN2O2. The number of carbonyl (C=O) groups is 1. The van der Waals surface area contributed by atoms with Crippen LogP contribution in [0.15, 0.2) is 18.2 Å². The lowest BCUT2D eigenvalue weighted by Gasteiger charge is -2.35. The molecule has 0 unspecified atom stereocenters. The summed E-state index contributed by atoms with van der Waals surface area (Å²) in [6.45, 7) is 6.03. The van der Waals surface area contributed by atoms with Crippen molar-refractivity contribution in [2.45, 2.75) is 25.8 Å². The molecule has 2 atom stereocenters. The van der Waals surface area contributed by atoms with E-state index in [9.17, 15) is 9.18 Å². The monoisotopic (exact) mass is 320 g/mol. The van der Waals surface area contributed by atoms with Gasteiger partial charge in [0.2, 0.25) is 0 Å². The van der Waals surface area contributed by atoms with Gasteiger partial charge in [0.1, 0.15) is 5.82 Å². The number of amides is 1. The van der Waals surface area contributed by atoms with E-state index in [1.165, 1.54) is 18.6 Å². The van der Waals surface area contributed by atoms with Crippen molar-refractivity contribution < 1.29 is 13.9 Å². The number of fused-ring (bicyclic) bond motifs is 4. The summed E-state index contributed by atoms with van der Waals surface area (Å²) in [6.07, 6.45) is 2.29. The van der Waals surface area contributed by atoms with Crippen LogP contribution in [0.2, 0.25) is 0 Å². The molecule has 5 heteroatoms. The molecule has 0 spiro atoms. The Labute approximate surface area is 137 Å². The zero-order chi connectivity index (χ0) is 16.4. The molecule has 1 amide bonds. The number of piperidine rings is 1. The zero-order valence-corrected chi connectivity index (χ0v) is 13.9. The van der Waals surface area contributed by atoms with Gasteiger partial charge in [0.05, 0.1) is 6.61 Å². The zero-order valence-electron chi connectivity index (χ0n) is 13.9. The fraction of sp³-hybridized carbons (Fsp3) is 0.611. The number of carbonyl (C=O) groups excluding carboxylic acids is 1. The van der Waals surface area contributed by atoms with Gasteiger partial charge in [-0.2, -0.15) is 0 Å². The van der Waals surface area contributed by atoms with Gasteiger partial charge in [-0.3, -0.25) is 9.69 Å². The number of hydrogen-bond acceptors (Lipinski definition) is 3. The van der Waals surface area contributed by atoms with Crippen LogP contribution < -0.4 is 0 Å². The third-order valence-electron chi connectivity index (χ3n) is 5.13. The van der Waals surface area contributed by atoms with E-state index in [1.54, 1.807) is 13.2 Å². The van der Waals surface area contributed by atoms with Crippen molar-refractivity contribution in [1.82, 2.24) is 9.80 Å². The Kier molecular flexibility index (Phi) is 4.97. The van der Waals surface area contributed by atoms with E-state index < -0.39 is 0 Å². The number of halogens is 1. The molecule has 3 saturated heterocycles. The topological polar surface area (TPSA) is 32.8 Å². The average molecular weight is 320 g/mol. The predicted octanol–water partition coefficient (Wildman–Crippen LogP) is 2.32. The Morgan fingerprint density at radius 1 is 1.30 bits per heavy atom. The van der Waals surface area contributed by atoms with Crippen LogP contribution in [0.25, 0.3) is 0 Å². The van der Waals surface area contributed by atoms with Crippen LogP contribution in [0.3, 0.4) is 0 Å². The van der Waals surface area contributed by atoms with E-state index in [4.69, 9.17) is 4.74 Å². The molecule has 2 bridgehead atoms. The number of benzene rings is 1. The van der Waals surface area contributed by atoms with Crippen molar-refractivity contribution in [3.05, 3.63) is 35.1 Å². The Hall–Kier alpha value is -1.46. The Balaban J connectivity index is 1.76. The highest BCUT2D eigenvalue weighted by Gasteiger charge is 2.36. The maximum atomic E-state index is 13.5. The number of hydrogen-bond donors (Lipinski definition) is 0. The lowest BCUT2D eigenvalue weighted by atomic mass is 9.95. The molecule has 0 aromatic heterocycles. The summed E-state index contributed by atoms with van der Waals surface area (Å²) in [5.41, 5.74) is 1.33. The summed E-state index contributed by atoms with van der Waals surface area (Å²) in [4.78, 5) is 17.3. The van der Waals surface area contributed by atoms with Gasteiger partial charge < -0.3 is 9.64 Å². The third-order valence-corrected chi connectivity index (χ3v) is 5.13. The SMILES string of the molecule is COCCN1C[C@H]2CC[C@@H]1CN(C(=O)c1cc(F)ccc1C)C2. The van der Waals surface area contributed by atoms with E-state index in [0.29, 0.717) is 17.5 Å². The normalized spacial score (nSPS) is 24.7. The highest BCUT2D eigenvalue weighted by atomic mass is 19.1. The second-order valence-corrected chi connectivity index (χ2v) is 6.75. The highest BCUT2D eigenvalue weighted by Crippen LogP contribution is 2.29. The van der Waals surface area contributed by atoms with Crippen LogP contribution in [0, 0.1) is 18.7 Å². The number of rotatable bonds is 4. The van der Waals surface area contributed by atoms with Crippen LogP contribution in [0.4, 0.5) is 4.39 Å². The van der Waals surface area contributed by atoms with Crippen LogP contribution in [0.1, 0.15) is 28.8 Å². The van der Waals surface area contributed by atoms with Crippen molar-refractivity contribution in [2.75, 3.05) is 39.9 Å². The molecule has 0 saturated carbocycles. The van der Waals surface area contributed by atoms with Crippen LogP contribution >= 0.6 is 0 Å². The van der Waals surface area contributed by atoms with E-state index in [0.717, 1.165) is 44.8 Å². The Bertz CT molecular complexity index is 578. The molecule has 3 aliphatic rings. The maximum Gasteiger partial charge on any atom is 0.254 e. The van der Waals surface area contributed by atoms with Crippen LogP contribution in [-0.2, 0) is 4.74 Å². The van der Waals surface area contributed by atoms with E-state index >= 15 is 0 Å². The molecular weight excluding hydrogens is 295 g/mol. The molecule has 0 aliphatic carbocycles. The summed E-state index contributed by atoms with van der Waals surface area (Å²) in [5.74, 6) is 0.120. The van der Waals surface area contributed by atoms with E-state index in [1.807, 2.05) is 11.8 Å². The summed E-state index contributed by atoms with van der Waals surface area (Å²) in [6, 6.07) is 4.85. The molecule has 4 nitrogen and oxygen atoms in total. The fourth-order valence-electron chi connectivity index (χ4n) is 3.82. The van der Waals surface area contributed by atoms with Gasteiger partial charge in [0.25, 0.3) is 5.91 Å². The standard InChI is InChI=1S/C18H25FN2O2/c1-13-3-5-15(19)9-17(13)18(22)21-11-14-4-6-16(12-21)20(10-14)7-8-23-2/h3,5,9,14,16H,4,6-8,10-12H2,1-2H3/t14-,16-/m1/s1. The molecule has 4 rings (SSSR count). The van der Waals surface area contributed by atoms with Crippen molar-refractivity contribution in [3.8, 4) is 0 Å². The van der Waals surface area contributed by atoms with Crippen molar-refractivity contribution in [3.63, 3.8) is 0 Å². The highest BCUT2D eigenvalue weighted by molar-refractivity contribution is 5.95. The maximum absolute atomic E-state index is 13.5. The quantitative estimate of drug-likeness (QED) is 0.853. The molecule has 3 heterocycles. The molecule has 0 radical (unpaired) electrons. The van der Waals surface area contributed by atoms with Gasteiger partial charge in [0.15, 0.2) is 0 Å². The lowest BCUT2D eigenvalue weighted by molar-refractivity contribution is 0.0716. The second-order valence-electron chi connectivity index (χ2n) is 6.75. The number of aryl methyl sites for hydroxylation is 1. The average Bonchev–Trinajstić information content (AvgIpc) is 2.86. The minimum atomic E-state index is -0.349. The first-order chi connectivity index (χ1) is 11.1. The van der Waals surface area contributed by atoms with Crippen LogP contribution in [0.5, 0.6) is 0 Å². The van der Waals surface area contributed by atoms with Gasteiger partial charge in [-0.15, -0.1) is 0 Å². The number of ether oxygens (including phenoxy) is 1. The minimum Gasteiger partial charge on any atom is -0.383 e. The van der Waals surface area contributed by atoms with Gasteiger partial charge in [0, 0.05) is 44.9 Å². The molecule has 3 aliphatic heterocycles. The fourth-order valence-corrected chi connectivity index (χ4v) is 3.82. The molecule has 0 N–H and O–H groups in total. The minimum absolute atomic E-state index is 0.0347. The molecule has 23 heavy (non-hydrogen) atoms. The third kappa shape index (κ3) is 3.56. The van der Waals surface area contributed by atoms with Crippen molar-refractivity contribution in [1.29, 1.82) is 0 Å². The predicted molar refractivity (Wildman–Crippen MR) is 87.0 cm³/mol. The lowest BCUT2D eigenvalue weighted by Crippen LogP contribution is -2.45. The first-order valence-electron chi connectivity index (χ1n) is 8.37. The molecule has 3 fully saturated rings. The van der Waals surface area contributed by atoms with E-state index in [-0.39, 0.29) is 11.7 Å². The Morgan fingerprint density at radius 3 is 2.91 bits per heavy atom. The first-order valence-corrected chi connectivity index (χ1v) is 8.37. The summed E-state index contributed by atoms with van der Waals surface area (Å²) < 4.78 is 18.7. The van der Waals surface area contributed by atoms with Gasteiger partial charge in [-0.05, 0) is 43.4 Å². The summed E-state index contributed by atoms with van der Waals surface area (Å²) >= 11 is 0. The number of nitrogens with zero attached hydrogens (tertiary/aromatic N) is 2. The number of methoxy groups -OCH3 is 1.